The largest absolute Gasteiger partial charge is 0.377 e. The number of hydrogen-bond donors (Lipinski definition) is 1. The molecule has 5 rings (SSSR count). The van der Waals surface area contributed by atoms with Crippen molar-refractivity contribution in [3.8, 4) is 28.0 Å². The summed E-state index contributed by atoms with van der Waals surface area (Å²) in [6.45, 7) is 7.29. The molecular formula is C21H21N7OS. The van der Waals surface area contributed by atoms with Gasteiger partial charge in [-0.15, -0.1) is 10.2 Å². The lowest BCUT2D eigenvalue weighted by Crippen LogP contribution is -2.40. The van der Waals surface area contributed by atoms with E-state index >= 15 is 0 Å². The van der Waals surface area contributed by atoms with Gasteiger partial charge in [0.1, 0.15) is 11.1 Å². The van der Waals surface area contributed by atoms with Gasteiger partial charge in [0, 0.05) is 11.9 Å². The molecule has 4 aromatic rings. The third-order valence-electron chi connectivity index (χ3n) is 4.55. The fourth-order valence-corrected chi connectivity index (χ4v) is 3.80. The Bertz CT molecular complexity index is 1220. The predicted molar refractivity (Wildman–Crippen MR) is 116 cm³/mol. The lowest BCUT2D eigenvalue weighted by Gasteiger charge is -2.28. The van der Waals surface area contributed by atoms with Crippen LogP contribution in [-0.4, -0.2) is 44.1 Å². The van der Waals surface area contributed by atoms with Crippen LogP contribution >= 0.6 is 11.3 Å². The number of rotatable bonds is 4. The number of fused-ring (bicyclic) bond motifs is 1. The molecule has 0 aromatic carbocycles. The Hall–Kier alpha value is -3.35. The average Bonchev–Trinajstić information content (AvgIpc) is 3.37. The summed E-state index contributed by atoms with van der Waals surface area (Å²) in [5.41, 5.74) is 4.87. The molecule has 1 fully saturated rings. The van der Waals surface area contributed by atoms with Gasteiger partial charge >= 0.3 is 0 Å². The highest BCUT2D eigenvalue weighted by Crippen LogP contribution is 2.34. The zero-order valence-electron chi connectivity index (χ0n) is 17.0. The van der Waals surface area contributed by atoms with Crippen LogP contribution in [0.25, 0.3) is 27.5 Å². The topological polar surface area (TPSA) is 101 Å². The van der Waals surface area contributed by atoms with Crippen LogP contribution in [-0.2, 0) is 4.74 Å². The first-order valence-electron chi connectivity index (χ1n) is 9.74. The lowest BCUT2D eigenvalue weighted by molar-refractivity contribution is 0.0211. The van der Waals surface area contributed by atoms with Crippen molar-refractivity contribution in [3.63, 3.8) is 0 Å². The van der Waals surface area contributed by atoms with E-state index in [1.807, 2.05) is 45.2 Å². The second-order valence-corrected chi connectivity index (χ2v) is 7.71. The summed E-state index contributed by atoms with van der Waals surface area (Å²) in [7, 11) is 0. The van der Waals surface area contributed by atoms with Gasteiger partial charge in [-0.25, -0.2) is 4.52 Å². The van der Waals surface area contributed by atoms with Crippen molar-refractivity contribution < 1.29 is 4.74 Å². The van der Waals surface area contributed by atoms with Crippen LogP contribution in [0, 0.1) is 18.3 Å². The number of anilines is 1. The Balaban J connectivity index is 0.00000106. The zero-order chi connectivity index (χ0) is 21.1. The molecule has 4 aromatic heterocycles. The van der Waals surface area contributed by atoms with Crippen LogP contribution in [0.4, 0.5) is 5.69 Å². The van der Waals surface area contributed by atoms with E-state index in [0.717, 1.165) is 38.2 Å². The van der Waals surface area contributed by atoms with Gasteiger partial charge < -0.3 is 10.1 Å². The summed E-state index contributed by atoms with van der Waals surface area (Å²) in [4.78, 5) is 4.65. The van der Waals surface area contributed by atoms with Crippen LogP contribution in [0.15, 0.2) is 36.7 Å². The highest BCUT2D eigenvalue weighted by atomic mass is 32.1. The molecule has 0 radical (unpaired) electrons. The van der Waals surface area contributed by atoms with E-state index in [1.165, 1.54) is 11.3 Å². The summed E-state index contributed by atoms with van der Waals surface area (Å²) in [5.74, 6) is 0. The Morgan fingerprint density at radius 1 is 1.20 bits per heavy atom. The van der Waals surface area contributed by atoms with Crippen LogP contribution in [0.3, 0.4) is 0 Å². The summed E-state index contributed by atoms with van der Waals surface area (Å²) in [6.07, 6.45) is 3.37. The van der Waals surface area contributed by atoms with Crippen molar-refractivity contribution in [2.45, 2.75) is 26.8 Å². The summed E-state index contributed by atoms with van der Waals surface area (Å²) in [6, 6.07) is 10.1. The first-order valence-corrected chi connectivity index (χ1v) is 10.6. The fraction of sp³-hybridized carbons (Fsp3) is 0.286. The lowest BCUT2D eigenvalue weighted by atomic mass is 10.1. The van der Waals surface area contributed by atoms with Gasteiger partial charge in [0.2, 0.25) is 0 Å². The van der Waals surface area contributed by atoms with Gasteiger partial charge in [-0.1, -0.05) is 25.2 Å². The Morgan fingerprint density at radius 2 is 2.03 bits per heavy atom. The van der Waals surface area contributed by atoms with Gasteiger partial charge in [-0.2, -0.15) is 10.4 Å². The van der Waals surface area contributed by atoms with E-state index in [9.17, 15) is 0 Å². The number of aromatic nitrogens is 5. The fourth-order valence-electron chi connectivity index (χ4n) is 3.08. The smallest absolute Gasteiger partial charge is 0.151 e. The number of nitriles is 1. The number of hydrogen-bond acceptors (Lipinski definition) is 8. The molecule has 5 heterocycles. The molecule has 0 amide bonds. The van der Waals surface area contributed by atoms with E-state index in [4.69, 9.17) is 10.00 Å². The quantitative estimate of drug-likeness (QED) is 0.535. The normalized spacial score (nSPS) is 13.3. The highest BCUT2D eigenvalue weighted by molar-refractivity contribution is 7.14. The van der Waals surface area contributed by atoms with E-state index < -0.39 is 0 Å². The number of pyridine rings is 1. The molecule has 0 saturated carbocycles. The van der Waals surface area contributed by atoms with Crippen LogP contribution in [0.5, 0.6) is 0 Å². The number of nitrogens with zero attached hydrogens (tertiary/aromatic N) is 6. The number of nitrogens with one attached hydrogen (secondary N) is 1. The van der Waals surface area contributed by atoms with Gasteiger partial charge in [-0.05, 0) is 31.2 Å². The Kier molecular flexibility index (Phi) is 5.70. The van der Waals surface area contributed by atoms with E-state index in [-0.39, 0.29) is 6.04 Å². The second kappa shape index (κ2) is 8.57. The van der Waals surface area contributed by atoms with Gasteiger partial charge in [0.05, 0.1) is 53.5 Å². The van der Waals surface area contributed by atoms with Crippen molar-refractivity contribution in [1.82, 2.24) is 24.8 Å². The zero-order valence-corrected chi connectivity index (χ0v) is 17.8. The molecular weight excluding hydrogens is 398 g/mol. The predicted octanol–water partition coefficient (Wildman–Crippen LogP) is 3.93. The first kappa shape index (κ1) is 19.9. The Morgan fingerprint density at radius 3 is 2.70 bits per heavy atom. The maximum Gasteiger partial charge on any atom is 0.151 e. The molecule has 1 saturated heterocycles. The van der Waals surface area contributed by atoms with Gasteiger partial charge in [0.25, 0.3) is 0 Å². The molecule has 1 N–H and O–H groups in total. The van der Waals surface area contributed by atoms with Gasteiger partial charge in [0.15, 0.2) is 5.01 Å². The van der Waals surface area contributed by atoms with Crippen molar-refractivity contribution in [2.24, 2.45) is 0 Å². The average molecular weight is 420 g/mol. The molecule has 8 nitrogen and oxygen atoms in total. The third kappa shape index (κ3) is 3.75. The first-order chi connectivity index (χ1) is 14.7. The Labute approximate surface area is 178 Å². The van der Waals surface area contributed by atoms with Crippen molar-refractivity contribution >= 4 is 22.5 Å². The monoisotopic (exact) mass is 419 g/mol. The molecule has 0 atom stereocenters. The van der Waals surface area contributed by atoms with Crippen molar-refractivity contribution in [3.05, 3.63) is 47.2 Å². The van der Waals surface area contributed by atoms with Crippen molar-refractivity contribution in [2.75, 3.05) is 18.5 Å². The molecule has 0 unspecified atom stereocenters. The van der Waals surface area contributed by atoms with E-state index in [0.29, 0.717) is 18.8 Å². The minimum Gasteiger partial charge on any atom is -0.377 e. The molecule has 152 valence electrons. The molecule has 1 aliphatic rings. The van der Waals surface area contributed by atoms with Crippen molar-refractivity contribution in [1.29, 1.82) is 5.26 Å². The number of ether oxygens (including phenoxy) is 1. The van der Waals surface area contributed by atoms with E-state index in [2.05, 4.69) is 31.7 Å². The number of aryl methyl sites for hydroxylation is 1. The molecule has 0 spiro atoms. The standard InChI is InChI=1S/C19H15N7OS.C2H6/c1-11-24-25-19(28-11)15-8-21-17(5-16(15)23-13-9-27-10-13)18-3-2-14-4-12(6-20)7-22-26(14)18;1-2/h2-5,7-8,13H,9-10H2,1H3,(H,21,23);1-2H3. The van der Waals surface area contributed by atoms with Gasteiger partial charge in [-0.3, -0.25) is 4.98 Å². The van der Waals surface area contributed by atoms with E-state index in [1.54, 1.807) is 16.8 Å². The summed E-state index contributed by atoms with van der Waals surface area (Å²) >= 11 is 1.54. The summed E-state index contributed by atoms with van der Waals surface area (Å²) in [5, 5.41) is 27.1. The summed E-state index contributed by atoms with van der Waals surface area (Å²) < 4.78 is 7.08. The maximum atomic E-state index is 9.07. The highest BCUT2D eigenvalue weighted by Gasteiger charge is 2.21. The van der Waals surface area contributed by atoms with Crippen LogP contribution in [0.2, 0.25) is 0 Å². The third-order valence-corrected chi connectivity index (χ3v) is 5.42. The second-order valence-electron chi connectivity index (χ2n) is 6.53. The SMILES string of the molecule is CC.Cc1nnc(-c2cnc(-c3ccc4cc(C#N)cnn34)cc2NC2COC2)s1. The molecule has 1 aliphatic heterocycles. The minimum absolute atomic E-state index is 0.267. The minimum atomic E-state index is 0.267. The van der Waals surface area contributed by atoms with Crippen LogP contribution in [0.1, 0.15) is 24.4 Å². The molecule has 30 heavy (non-hydrogen) atoms. The molecule has 0 bridgehead atoms. The molecule has 0 aliphatic carbocycles. The van der Waals surface area contributed by atoms with Crippen LogP contribution < -0.4 is 5.32 Å². The molecule has 9 heteroatoms. The maximum absolute atomic E-state index is 9.07.